The van der Waals surface area contributed by atoms with Crippen molar-refractivity contribution in [2.75, 3.05) is 24.6 Å². The van der Waals surface area contributed by atoms with Gasteiger partial charge in [0.2, 0.25) is 0 Å². The van der Waals surface area contributed by atoms with Crippen LogP contribution < -0.4 is 4.90 Å². The molecule has 0 fully saturated rings. The molecule has 0 amide bonds. The molecule has 4 nitrogen and oxygen atoms in total. The largest absolute Gasteiger partial charge is 0.395 e. The highest BCUT2D eigenvalue weighted by Crippen LogP contribution is 2.15. The van der Waals surface area contributed by atoms with Gasteiger partial charge in [0, 0.05) is 13.1 Å². The third kappa shape index (κ3) is 2.71. The normalized spacial score (nSPS) is 10.7. The number of hydrogen-bond acceptors (Lipinski definition) is 4. The molecule has 0 spiro atoms. The van der Waals surface area contributed by atoms with Crippen LogP contribution in [0, 0.1) is 0 Å². The molecule has 0 saturated heterocycles. The number of benzene rings is 1. The third-order valence-corrected chi connectivity index (χ3v) is 2.62. The van der Waals surface area contributed by atoms with Crippen molar-refractivity contribution in [2.45, 2.75) is 13.3 Å². The Bertz CT molecular complexity index is 481. The van der Waals surface area contributed by atoms with E-state index in [0.29, 0.717) is 6.54 Å². The molecule has 1 heterocycles. The van der Waals surface area contributed by atoms with Gasteiger partial charge in [-0.25, -0.2) is 4.98 Å². The van der Waals surface area contributed by atoms with Crippen molar-refractivity contribution in [1.82, 2.24) is 9.97 Å². The van der Waals surface area contributed by atoms with Crippen LogP contribution in [0.25, 0.3) is 11.0 Å². The fourth-order valence-corrected chi connectivity index (χ4v) is 1.83. The van der Waals surface area contributed by atoms with E-state index in [4.69, 9.17) is 5.11 Å². The van der Waals surface area contributed by atoms with Gasteiger partial charge in [0.05, 0.1) is 23.8 Å². The summed E-state index contributed by atoms with van der Waals surface area (Å²) in [4.78, 5) is 11.0. The zero-order valence-corrected chi connectivity index (χ0v) is 10.0. The van der Waals surface area contributed by atoms with E-state index in [-0.39, 0.29) is 6.61 Å². The Morgan fingerprint density at radius 2 is 1.94 bits per heavy atom. The third-order valence-electron chi connectivity index (χ3n) is 2.62. The van der Waals surface area contributed by atoms with Gasteiger partial charge in [0.15, 0.2) is 0 Å². The van der Waals surface area contributed by atoms with E-state index in [1.54, 1.807) is 6.20 Å². The minimum absolute atomic E-state index is 0.133. The van der Waals surface area contributed by atoms with Crippen molar-refractivity contribution in [3.63, 3.8) is 0 Å². The lowest BCUT2D eigenvalue weighted by molar-refractivity contribution is 0.301. The molecule has 0 aliphatic heterocycles. The second kappa shape index (κ2) is 5.59. The van der Waals surface area contributed by atoms with Gasteiger partial charge < -0.3 is 10.0 Å². The minimum atomic E-state index is 0.133. The van der Waals surface area contributed by atoms with E-state index in [2.05, 4.69) is 21.8 Å². The van der Waals surface area contributed by atoms with Gasteiger partial charge in [0.1, 0.15) is 5.82 Å². The Labute approximate surface area is 101 Å². The number of aliphatic hydroxyl groups excluding tert-OH is 1. The molecular weight excluding hydrogens is 214 g/mol. The predicted molar refractivity (Wildman–Crippen MR) is 69.1 cm³/mol. The number of aromatic nitrogens is 2. The maximum Gasteiger partial charge on any atom is 0.147 e. The number of para-hydroxylation sites is 2. The molecule has 0 saturated carbocycles. The molecule has 0 unspecified atom stereocenters. The first-order valence-electron chi connectivity index (χ1n) is 5.92. The summed E-state index contributed by atoms with van der Waals surface area (Å²) >= 11 is 0. The zero-order valence-electron chi connectivity index (χ0n) is 10.0. The number of anilines is 1. The molecule has 4 heteroatoms. The molecule has 2 aromatic rings. The summed E-state index contributed by atoms with van der Waals surface area (Å²) in [5, 5.41) is 9.05. The van der Waals surface area contributed by atoms with Crippen LogP contribution >= 0.6 is 0 Å². The Kier molecular flexibility index (Phi) is 3.88. The maximum atomic E-state index is 9.05. The van der Waals surface area contributed by atoms with Crippen molar-refractivity contribution in [1.29, 1.82) is 0 Å². The zero-order chi connectivity index (χ0) is 12.1. The standard InChI is InChI=1S/C13H17N3O/c1-2-7-16(8-9-17)13-10-14-11-5-3-4-6-12(11)15-13/h3-6,10,17H,2,7-9H2,1H3. The van der Waals surface area contributed by atoms with Crippen LogP contribution in [0.3, 0.4) is 0 Å². The van der Waals surface area contributed by atoms with E-state index in [0.717, 1.165) is 29.8 Å². The first kappa shape index (κ1) is 11.8. The lowest BCUT2D eigenvalue weighted by Crippen LogP contribution is -2.28. The van der Waals surface area contributed by atoms with Gasteiger partial charge in [-0.2, -0.15) is 0 Å². The van der Waals surface area contributed by atoms with Crippen molar-refractivity contribution >= 4 is 16.9 Å². The molecule has 2 rings (SSSR count). The maximum absolute atomic E-state index is 9.05. The minimum Gasteiger partial charge on any atom is -0.395 e. The monoisotopic (exact) mass is 231 g/mol. The Morgan fingerprint density at radius 3 is 2.65 bits per heavy atom. The lowest BCUT2D eigenvalue weighted by atomic mass is 10.3. The van der Waals surface area contributed by atoms with Crippen molar-refractivity contribution in [3.05, 3.63) is 30.5 Å². The molecule has 1 aromatic carbocycles. The summed E-state index contributed by atoms with van der Waals surface area (Å²) in [5.41, 5.74) is 1.79. The molecule has 0 radical (unpaired) electrons. The fourth-order valence-electron chi connectivity index (χ4n) is 1.83. The van der Waals surface area contributed by atoms with E-state index < -0.39 is 0 Å². The van der Waals surface area contributed by atoms with Crippen LogP contribution in [0.4, 0.5) is 5.82 Å². The molecule has 1 N–H and O–H groups in total. The first-order valence-corrected chi connectivity index (χ1v) is 5.92. The average molecular weight is 231 g/mol. The summed E-state index contributed by atoms with van der Waals surface area (Å²) in [5.74, 6) is 0.833. The van der Waals surface area contributed by atoms with E-state index >= 15 is 0 Å². The second-order valence-corrected chi connectivity index (χ2v) is 3.93. The van der Waals surface area contributed by atoms with Crippen LogP contribution in [-0.4, -0.2) is 34.8 Å². The van der Waals surface area contributed by atoms with Crippen molar-refractivity contribution in [3.8, 4) is 0 Å². The van der Waals surface area contributed by atoms with Crippen LogP contribution in [0.2, 0.25) is 0 Å². The van der Waals surface area contributed by atoms with E-state index in [1.165, 1.54) is 0 Å². The highest BCUT2D eigenvalue weighted by molar-refractivity contribution is 5.75. The van der Waals surface area contributed by atoms with Crippen LogP contribution in [0.1, 0.15) is 13.3 Å². The quantitative estimate of drug-likeness (QED) is 0.853. The molecular formula is C13H17N3O. The van der Waals surface area contributed by atoms with Crippen LogP contribution in [0.5, 0.6) is 0 Å². The SMILES string of the molecule is CCCN(CCO)c1cnc2ccccc2n1. The highest BCUT2D eigenvalue weighted by Gasteiger charge is 2.07. The Morgan fingerprint density at radius 1 is 1.18 bits per heavy atom. The van der Waals surface area contributed by atoms with Crippen molar-refractivity contribution in [2.24, 2.45) is 0 Å². The molecule has 0 aliphatic rings. The van der Waals surface area contributed by atoms with Gasteiger partial charge in [-0.1, -0.05) is 19.1 Å². The fraction of sp³-hybridized carbons (Fsp3) is 0.385. The number of rotatable bonds is 5. The topological polar surface area (TPSA) is 49.2 Å². The van der Waals surface area contributed by atoms with Gasteiger partial charge in [0.25, 0.3) is 0 Å². The molecule has 17 heavy (non-hydrogen) atoms. The Hall–Kier alpha value is -1.68. The summed E-state index contributed by atoms with van der Waals surface area (Å²) in [6, 6.07) is 7.81. The summed E-state index contributed by atoms with van der Waals surface area (Å²) < 4.78 is 0. The molecule has 1 aromatic heterocycles. The lowest BCUT2D eigenvalue weighted by Gasteiger charge is -2.21. The van der Waals surface area contributed by atoms with Gasteiger partial charge in [-0.05, 0) is 18.6 Å². The number of hydrogen-bond donors (Lipinski definition) is 1. The van der Waals surface area contributed by atoms with Crippen LogP contribution in [0.15, 0.2) is 30.5 Å². The van der Waals surface area contributed by atoms with Crippen molar-refractivity contribution < 1.29 is 5.11 Å². The number of fused-ring (bicyclic) bond motifs is 1. The van der Waals surface area contributed by atoms with Gasteiger partial charge >= 0.3 is 0 Å². The van der Waals surface area contributed by atoms with Gasteiger partial charge in [-0.15, -0.1) is 0 Å². The Balaban J connectivity index is 2.32. The van der Waals surface area contributed by atoms with Crippen LogP contribution in [-0.2, 0) is 0 Å². The second-order valence-electron chi connectivity index (χ2n) is 3.93. The van der Waals surface area contributed by atoms with E-state index in [1.807, 2.05) is 24.3 Å². The average Bonchev–Trinajstić information content (AvgIpc) is 2.38. The molecule has 0 bridgehead atoms. The molecule has 0 aliphatic carbocycles. The highest BCUT2D eigenvalue weighted by atomic mass is 16.3. The predicted octanol–water partition coefficient (Wildman–Crippen LogP) is 1.84. The first-order chi connectivity index (χ1) is 8.35. The molecule has 0 atom stereocenters. The molecule has 90 valence electrons. The number of aliphatic hydroxyl groups is 1. The number of nitrogens with zero attached hydrogens (tertiary/aromatic N) is 3. The summed E-state index contributed by atoms with van der Waals surface area (Å²) in [6.45, 7) is 3.72. The summed E-state index contributed by atoms with van der Waals surface area (Å²) in [7, 11) is 0. The van der Waals surface area contributed by atoms with E-state index in [9.17, 15) is 0 Å². The smallest absolute Gasteiger partial charge is 0.147 e. The summed E-state index contributed by atoms with van der Waals surface area (Å²) in [6.07, 6.45) is 2.79. The van der Waals surface area contributed by atoms with Gasteiger partial charge in [-0.3, -0.25) is 4.98 Å².